The van der Waals surface area contributed by atoms with Gasteiger partial charge in [-0.15, -0.1) is 0 Å². The van der Waals surface area contributed by atoms with Crippen molar-refractivity contribution < 1.29 is 4.74 Å². The fraction of sp³-hybridized carbons (Fsp3) is 0.0417. The van der Waals surface area contributed by atoms with Crippen molar-refractivity contribution in [1.29, 1.82) is 0 Å². The van der Waals surface area contributed by atoms with Crippen LogP contribution in [0, 0.1) is 0 Å². The third kappa shape index (κ3) is 2.31. The number of fused-ring (bicyclic) bond motifs is 4. The number of methoxy groups -OCH3 is 1. The zero-order valence-electron chi connectivity index (χ0n) is 14.4. The number of nitrogens with zero attached hydrogens (tertiary/aromatic N) is 1. The van der Waals surface area contributed by atoms with Gasteiger partial charge in [0, 0.05) is 16.5 Å². The Morgan fingerprint density at radius 2 is 1.50 bits per heavy atom. The lowest BCUT2D eigenvalue weighted by Crippen LogP contribution is -1.87. The van der Waals surface area contributed by atoms with Gasteiger partial charge >= 0.3 is 0 Å². The molecule has 2 nitrogen and oxygen atoms in total. The van der Waals surface area contributed by atoms with E-state index in [-0.39, 0.29) is 0 Å². The second-order valence-electron chi connectivity index (χ2n) is 6.45. The maximum Gasteiger partial charge on any atom is 0.118 e. The summed E-state index contributed by atoms with van der Waals surface area (Å²) in [6.45, 7) is 0. The normalized spacial score (nSPS) is 13.7. The van der Waals surface area contributed by atoms with E-state index in [1.54, 1.807) is 7.11 Å². The van der Waals surface area contributed by atoms with Crippen molar-refractivity contribution in [2.45, 2.75) is 0 Å². The van der Waals surface area contributed by atoms with Gasteiger partial charge in [0.15, 0.2) is 0 Å². The number of pyridine rings is 1. The van der Waals surface area contributed by atoms with Crippen LogP contribution < -0.4 is 4.74 Å². The highest BCUT2D eigenvalue weighted by molar-refractivity contribution is 6.07. The predicted molar refractivity (Wildman–Crippen MR) is 107 cm³/mol. The molecule has 0 N–H and O–H groups in total. The molecule has 26 heavy (non-hydrogen) atoms. The van der Waals surface area contributed by atoms with Crippen LogP contribution in [0.15, 0.2) is 78.9 Å². The van der Waals surface area contributed by atoms with Crippen LogP contribution in [0.2, 0.25) is 0 Å². The molecule has 0 bridgehead atoms. The van der Waals surface area contributed by atoms with Crippen LogP contribution in [0.3, 0.4) is 0 Å². The maximum absolute atomic E-state index is 5.27. The van der Waals surface area contributed by atoms with Gasteiger partial charge in [-0.25, -0.2) is 4.98 Å². The van der Waals surface area contributed by atoms with Gasteiger partial charge in [-0.3, -0.25) is 0 Å². The summed E-state index contributed by atoms with van der Waals surface area (Å²) < 4.78 is 5.27. The highest BCUT2D eigenvalue weighted by Crippen LogP contribution is 2.44. The van der Waals surface area contributed by atoms with Gasteiger partial charge in [-0.05, 0) is 47.0 Å². The lowest BCUT2D eigenvalue weighted by Gasteiger charge is -2.05. The van der Waals surface area contributed by atoms with E-state index in [4.69, 9.17) is 9.72 Å². The van der Waals surface area contributed by atoms with Crippen molar-refractivity contribution in [2.24, 2.45) is 0 Å². The summed E-state index contributed by atoms with van der Waals surface area (Å²) in [6, 6.07) is 27.2. The Kier molecular flexibility index (Phi) is 3.36. The molecule has 1 heterocycles. The Morgan fingerprint density at radius 3 is 2.31 bits per heavy atom. The summed E-state index contributed by atoms with van der Waals surface area (Å²) in [7, 11) is 1.69. The zero-order chi connectivity index (χ0) is 17.5. The van der Waals surface area contributed by atoms with Crippen molar-refractivity contribution in [1.82, 2.24) is 4.98 Å². The molecule has 1 aliphatic rings. The molecule has 0 spiro atoms. The molecule has 124 valence electrons. The van der Waals surface area contributed by atoms with E-state index in [1.165, 1.54) is 27.6 Å². The first-order valence-electron chi connectivity index (χ1n) is 8.69. The van der Waals surface area contributed by atoms with Crippen molar-refractivity contribution in [3.63, 3.8) is 0 Å². The van der Waals surface area contributed by atoms with Gasteiger partial charge in [-0.2, -0.15) is 0 Å². The molecule has 0 unspecified atom stereocenters. The molecular weight excluding hydrogens is 318 g/mol. The fourth-order valence-electron chi connectivity index (χ4n) is 3.62. The lowest BCUT2D eigenvalue weighted by atomic mass is 10.0. The first-order valence-corrected chi connectivity index (χ1v) is 8.69. The Balaban J connectivity index is 1.75. The van der Waals surface area contributed by atoms with Crippen LogP contribution in [-0.2, 0) is 0 Å². The van der Waals surface area contributed by atoms with Gasteiger partial charge in [-0.1, -0.05) is 54.6 Å². The van der Waals surface area contributed by atoms with E-state index in [9.17, 15) is 0 Å². The minimum Gasteiger partial charge on any atom is -0.497 e. The number of aromatic nitrogens is 1. The van der Waals surface area contributed by atoms with E-state index >= 15 is 0 Å². The van der Waals surface area contributed by atoms with Crippen molar-refractivity contribution in [3.05, 3.63) is 95.6 Å². The number of hydrogen-bond donors (Lipinski definition) is 0. The smallest absolute Gasteiger partial charge is 0.118 e. The van der Waals surface area contributed by atoms with E-state index in [2.05, 4.69) is 66.7 Å². The molecule has 0 fully saturated rings. The topological polar surface area (TPSA) is 22.1 Å². The number of ether oxygens (including phenoxy) is 1. The highest BCUT2D eigenvalue weighted by atomic mass is 16.5. The standard InChI is InChI=1S/C24H17NO/c1-26-18-12-10-16(11-13-18)14-21-19-7-3-4-8-20(19)24-22(21)15-17-6-2-5-9-23(17)25-24/h2-15H,1H3. The van der Waals surface area contributed by atoms with Crippen molar-refractivity contribution >= 4 is 22.6 Å². The molecule has 0 saturated heterocycles. The molecule has 0 saturated carbocycles. The van der Waals surface area contributed by atoms with Crippen LogP contribution in [-0.4, -0.2) is 12.1 Å². The first kappa shape index (κ1) is 14.9. The SMILES string of the molecule is COc1ccc(C=C2c3ccccc3-c3nc4ccccc4cc32)cc1. The van der Waals surface area contributed by atoms with Crippen molar-refractivity contribution in [2.75, 3.05) is 7.11 Å². The molecule has 0 amide bonds. The molecule has 2 heteroatoms. The first-order chi connectivity index (χ1) is 12.8. The van der Waals surface area contributed by atoms with E-state index < -0.39 is 0 Å². The third-order valence-electron chi connectivity index (χ3n) is 4.91. The number of hydrogen-bond acceptors (Lipinski definition) is 2. The van der Waals surface area contributed by atoms with Crippen LogP contribution in [0.1, 0.15) is 16.7 Å². The predicted octanol–water partition coefficient (Wildman–Crippen LogP) is 5.81. The molecule has 0 atom stereocenters. The minimum absolute atomic E-state index is 0.868. The van der Waals surface area contributed by atoms with Crippen LogP contribution in [0.5, 0.6) is 5.75 Å². The van der Waals surface area contributed by atoms with E-state index in [0.29, 0.717) is 0 Å². The van der Waals surface area contributed by atoms with Crippen LogP contribution in [0.4, 0.5) is 0 Å². The summed E-state index contributed by atoms with van der Waals surface area (Å²) in [5.74, 6) is 0.868. The zero-order valence-corrected chi connectivity index (χ0v) is 14.4. The third-order valence-corrected chi connectivity index (χ3v) is 4.91. The monoisotopic (exact) mass is 335 g/mol. The lowest BCUT2D eigenvalue weighted by molar-refractivity contribution is 0.415. The summed E-state index contributed by atoms with van der Waals surface area (Å²) in [5, 5.41) is 1.17. The van der Waals surface area contributed by atoms with E-state index in [0.717, 1.165) is 22.5 Å². The molecule has 1 aliphatic carbocycles. The Hall–Kier alpha value is -3.39. The molecule has 4 aromatic rings. The molecular formula is C24H17NO. The molecule has 0 radical (unpaired) electrons. The van der Waals surface area contributed by atoms with Gasteiger partial charge in [0.2, 0.25) is 0 Å². The van der Waals surface area contributed by atoms with Gasteiger partial charge in [0.25, 0.3) is 0 Å². The number of rotatable bonds is 2. The second-order valence-corrected chi connectivity index (χ2v) is 6.45. The van der Waals surface area contributed by atoms with Gasteiger partial charge in [0.05, 0.1) is 18.3 Å². The van der Waals surface area contributed by atoms with Crippen LogP contribution >= 0.6 is 0 Å². The summed E-state index contributed by atoms with van der Waals surface area (Å²) >= 11 is 0. The molecule has 5 rings (SSSR count). The average molecular weight is 335 g/mol. The summed E-state index contributed by atoms with van der Waals surface area (Å²) in [5.41, 5.74) is 8.11. The van der Waals surface area contributed by atoms with E-state index in [1.807, 2.05) is 18.2 Å². The second kappa shape index (κ2) is 5.85. The quantitative estimate of drug-likeness (QED) is 0.406. The summed E-state index contributed by atoms with van der Waals surface area (Å²) in [4.78, 5) is 4.96. The van der Waals surface area contributed by atoms with Gasteiger partial charge < -0.3 is 4.74 Å². The minimum atomic E-state index is 0.868. The van der Waals surface area contributed by atoms with Crippen LogP contribution in [0.25, 0.3) is 33.8 Å². The average Bonchev–Trinajstić information content (AvgIpc) is 3.00. The maximum atomic E-state index is 5.27. The Bertz CT molecular complexity index is 1160. The number of benzene rings is 3. The Labute approximate surface area is 152 Å². The Morgan fingerprint density at radius 1 is 0.769 bits per heavy atom. The summed E-state index contributed by atoms with van der Waals surface area (Å²) in [6.07, 6.45) is 2.24. The number of para-hydroxylation sites is 1. The fourth-order valence-corrected chi connectivity index (χ4v) is 3.62. The van der Waals surface area contributed by atoms with Crippen molar-refractivity contribution in [3.8, 4) is 17.0 Å². The largest absolute Gasteiger partial charge is 0.497 e. The molecule has 0 aliphatic heterocycles. The van der Waals surface area contributed by atoms with Gasteiger partial charge in [0.1, 0.15) is 5.75 Å². The molecule has 3 aromatic carbocycles. The molecule has 1 aromatic heterocycles. The highest BCUT2D eigenvalue weighted by Gasteiger charge is 2.24.